The van der Waals surface area contributed by atoms with Crippen LogP contribution in [0, 0.1) is 5.41 Å². The van der Waals surface area contributed by atoms with Crippen molar-refractivity contribution in [2.45, 2.75) is 0 Å². The van der Waals surface area contributed by atoms with Gasteiger partial charge in [-0.15, -0.1) is 0 Å². The van der Waals surface area contributed by atoms with Crippen LogP contribution in [-0.4, -0.2) is 32.8 Å². The van der Waals surface area contributed by atoms with E-state index in [1.807, 2.05) is 6.07 Å². The van der Waals surface area contributed by atoms with E-state index in [1.165, 1.54) is 0 Å². The minimum Gasteiger partial charge on any atom is -0.497 e. The Balaban J connectivity index is 2.90. The Kier molecular flexibility index (Phi) is 4.32. The maximum absolute atomic E-state index is 7.05. The van der Waals surface area contributed by atoms with Gasteiger partial charge < -0.3 is 15.2 Å². The molecule has 0 amide bonds. The Morgan fingerprint density at radius 1 is 1.44 bits per heavy atom. The van der Waals surface area contributed by atoms with E-state index in [-0.39, 0.29) is 12.4 Å². The summed E-state index contributed by atoms with van der Waals surface area (Å²) in [4.78, 5) is 4.02. The molecular weight excluding hydrogens is 206 g/mol. The molecule has 1 aromatic carbocycles. The molecule has 0 aliphatic rings. The standard InChI is InChI=1S/C11H15N3O2/c1-15-9-3-4-10(16-2)8(5-9)6-14-7-11(12)13/h3-6H,7H2,1-2H3,(H3,12,13). The van der Waals surface area contributed by atoms with Crippen LogP contribution in [0.25, 0.3) is 0 Å². The topological polar surface area (TPSA) is 80.7 Å². The van der Waals surface area contributed by atoms with E-state index in [1.54, 1.807) is 32.6 Å². The van der Waals surface area contributed by atoms with E-state index in [4.69, 9.17) is 20.6 Å². The van der Waals surface area contributed by atoms with E-state index >= 15 is 0 Å². The molecular formula is C11H15N3O2. The fourth-order valence-electron chi connectivity index (χ4n) is 1.18. The fraction of sp³-hybridized carbons (Fsp3) is 0.273. The highest BCUT2D eigenvalue weighted by atomic mass is 16.5. The average molecular weight is 221 g/mol. The molecule has 0 saturated carbocycles. The van der Waals surface area contributed by atoms with Crippen molar-refractivity contribution in [1.29, 1.82) is 5.41 Å². The Labute approximate surface area is 94.4 Å². The summed E-state index contributed by atoms with van der Waals surface area (Å²) < 4.78 is 10.3. The maximum atomic E-state index is 7.05. The van der Waals surface area contributed by atoms with Crippen molar-refractivity contribution in [3.63, 3.8) is 0 Å². The molecule has 0 heterocycles. The molecule has 5 nitrogen and oxygen atoms in total. The first-order valence-corrected chi connectivity index (χ1v) is 4.72. The van der Waals surface area contributed by atoms with Gasteiger partial charge in [0.25, 0.3) is 0 Å². The number of hydrogen-bond donors (Lipinski definition) is 2. The molecule has 0 radical (unpaired) electrons. The van der Waals surface area contributed by atoms with Gasteiger partial charge >= 0.3 is 0 Å². The Bertz CT molecular complexity index is 402. The molecule has 16 heavy (non-hydrogen) atoms. The lowest BCUT2D eigenvalue weighted by Crippen LogP contribution is -2.13. The van der Waals surface area contributed by atoms with Crippen LogP contribution in [0.1, 0.15) is 5.56 Å². The Morgan fingerprint density at radius 2 is 2.19 bits per heavy atom. The highest BCUT2D eigenvalue weighted by Gasteiger charge is 2.02. The largest absolute Gasteiger partial charge is 0.497 e. The summed E-state index contributed by atoms with van der Waals surface area (Å²) in [6.45, 7) is 0.181. The van der Waals surface area contributed by atoms with Crippen LogP contribution >= 0.6 is 0 Å². The predicted molar refractivity (Wildman–Crippen MR) is 63.9 cm³/mol. The molecule has 0 aliphatic heterocycles. The highest BCUT2D eigenvalue weighted by molar-refractivity contribution is 5.87. The maximum Gasteiger partial charge on any atom is 0.127 e. The van der Waals surface area contributed by atoms with Crippen LogP contribution < -0.4 is 15.2 Å². The fourth-order valence-corrected chi connectivity index (χ4v) is 1.18. The third-order valence-electron chi connectivity index (χ3n) is 1.93. The summed E-state index contributed by atoms with van der Waals surface area (Å²) >= 11 is 0. The van der Waals surface area contributed by atoms with E-state index in [2.05, 4.69) is 4.99 Å². The van der Waals surface area contributed by atoms with Gasteiger partial charge in [-0.3, -0.25) is 10.4 Å². The first-order valence-electron chi connectivity index (χ1n) is 4.72. The first kappa shape index (κ1) is 12.0. The molecule has 0 unspecified atom stereocenters. The van der Waals surface area contributed by atoms with E-state index < -0.39 is 0 Å². The molecule has 3 N–H and O–H groups in total. The molecule has 0 fully saturated rings. The summed E-state index contributed by atoms with van der Waals surface area (Å²) in [5.41, 5.74) is 5.99. The van der Waals surface area contributed by atoms with Crippen molar-refractivity contribution in [2.24, 2.45) is 10.7 Å². The second kappa shape index (κ2) is 5.75. The van der Waals surface area contributed by atoms with Gasteiger partial charge in [0, 0.05) is 11.8 Å². The Morgan fingerprint density at radius 3 is 2.75 bits per heavy atom. The summed E-state index contributed by atoms with van der Waals surface area (Å²) in [7, 11) is 3.18. The molecule has 1 aromatic rings. The van der Waals surface area contributed by atoms with Crippen molar-refractivity contribution in [3.8, 4) is 11.5 Å². The highest BCUT2D eigenvalue weighted by Crippen LogP contribution is 2.22. The third-order valence-corrected chi connectivity index (χ3v) is 1.93. The Hall–Kier alpha value is -2.04. The quantitative estimate of drug-likeness (QED) is 0.576. The van der Waals surface area contributed by atoms with Gasteiger partial charge in [0.2, 0.25) is 0 Å². The molecule has 86 valence electrons. The van der Waals surface area contributed by atoms with Crippen LogP contribution in [0.5, 0.6) is 11.5 Å². The van der Waals surface area contributed by atoms with E-state index in [0.29, 0.717) is 5.75 Å². The molecule has 0 spiro atoms. The van der Waals surface area contributed by atoms with Crippen molar-refractivity contribution in [2.75, 3.05) is 20.8 Å². The molecule has 0 atom stereocenters. The number of rotatable bonds is 5. The molecule has 0 bridgehead atoms. The van der Waals surface area contributed by atoms with Gasteiger partial charge in [-0.2, -0.15) is 0 Å². The lowest BCUT2D eigenvalue weighted by Gasteiger charge is -2.06. The summed E-state index contributed by atoms with van der Waals surface area (Å²) in [6.07, 6.45) is 1.61. The average Bonchev–Trinajstić information content (AvgIpc) is 2.28. The van der Waals surface area contributed by atoms with E-state index in [9.17, 15) is 0 Å². The molecule has 0 saturated heterocycles. The minimum absolute atomic E-state index is 0.0260. The zero-order valence-corrected chi connectivity index (χ0v) is 9.36. The second-order valence-electron chi connectivity index (χ2n) is 3.10. The van der Waals surface area contributed by atoms with Gasteiger partial charge in [-0.25, -0.2) is 0 Å². The molecule has 0 aliphatic carbocycles. The lowest BCUT2D eigenvalue weighted by molar-refractivity contribution is 0.402. The number of benzene rings is 1. The van der Waals surface area contributed by atoms with Crippen LogP contribution in [0.3, 0.4) is 0 Å². The van der Waals surface area contributed by atoms with Crippen molar-refractivity contribution in [3.05, 3.63) is 23.8 Å². The van der Waals surface area contributed by atoms with Gasteiger partial charge in [0.05, 0.1) is 20.8 Å². The number of amidine groups is 1. The SMILES string of the molecule is COc1ccc(OC)c(C=NCC(=N)N)c1. The molecule has 0 aromatic heterocycles. The van der Waals surface area contributed by atoms with Crippen molar-refractivity contribution >= 4 is 12.1 Å². The normalized spacial score (nSPS) is 10.4. The molecule has 1 rings (SSSR count). The second-order valence-corrected chi connectivity index (χ2v) is 3.10. The number of nitrogens with one attached hydrogen (secondary N) is 1. The lowest BCUT2D eigenvalue weighted by atomic mass is 10.2. The number of hydrogen-bond acceptors (Lipinski definition) is 4. The summed E-state index contributed by atoms with van der Waals surface area (Å²) in [5.74, 6) is 1.45. The molecule has 5 heteroatoms. The van der Waals surface area contributed by atoms with Gasteiger partial charge in [-0.05, 0) is 18.2 Å². The monoisotopic (exact) mass is 221 g/mol. The van der Waals surface area contributed by atoms with Crippen LogP contribution in [0.15, 0.2) is 23.2 Å². The number of aliphatic imine (C=N–C) groups is 1. The summed E-state index contributed by atoms with van der Waals surface area (Å²) in [5, 5.41) is 7.05. The number of ether oxygens (including phenoxy) is 2. The minimum atomic E-state index is 0.0260. The zero-order chi connectivity index (χ0) is 12.0. The van der Waals surface area contributed by atoms with Crippen LogP contribution in [-0.2, 0) is 0 Å². The predicted octanol–water partition coefficient (Wildman–Crippen LogP) is 1.06. The smallest absolute Gasteiger partial charge is 0.127 e. The number of nitrogens with zero attached hydrogens (tertiary/aromatic N) is 1. The van der Waals surface area contributed by atoms with Crippen molar-refractivity contribution in [1.82, 2.24) is 0 Å². The van der Waals surface area contributed by atoms with Gasteiger partial charge in [0.1, 0.15) is 17.3 Å². The van der Waals surface area contributed by atoms with Crippen LogP contribution in [0.4, 0.5) is 0 Å². The van der Waals surface area contributed by atoms with Gasteiger partial charge in [-0.1, -0.05) is 0 Å². The number of nitrogens with two attached hydrogens (primary N) is 1. The van der Waals surface area contributed by atoms with E-state index in [0.717, 1.165) is 11.3 Å². The van der Waals surface area contributed by atoms with Gasteiger partial charge in [0.15, 0.2) is 0 Å². The third kappa shape index (κ3) is 3.27. The summed E-state index contributed by atoms with van der Waals surface area (Å²) in [6, 6.07) is 5.41. The zero-order valence-electron chi connectivity index (χ0n) is 9.36. The first-order chi connectivity index (χ1) is 7.67. The van der Waals surface area contributed by atoms with Crippen LogP contribution in [0.2, 0.25) is 0 Å². The number of methoxy groups -OCH3 is 2. The van der Waals surface area contributed by atoms with Crippen molar-refractivity contribution < 1.29 is 9.47 Å².